The van der Waals surface area contributed by atoms with Crippen molar-refractivity contribution in [3.8, 4) is 5.75 Å². The summed E-state index contributed by atoms with van der Waals surface area (Å²) in [7, 11) is 0. The topological polar surface area (TPSA) is 113 Å². The third-order valence-corrected chi connectivity index (χ3v) is 4.45. The normalized spacial score (nSPS) is 11.2. The summed E-state index contributed by atoms with van der Waals surface area (Å²) in [6, 6.07) is 14.1. The number of anilines is 1. The first-order chi connectivity index (χ1) is 13.5. The first kappa shape index (κ1) is 19.8. The van der Waals surface area contributed by atoms with Gasteiger partial charge in [-0.25, -0.2) is 5.26 Å². The molecule has 28 heavy (non-hydrogen) atoms. The van der Waals surface area contributed by atoms with Gasteiger partial charge in [0, 0.05) is 18.0 Å². The number of carbonyl (C=O) groups excluding carboxylic acids is 1. The average molecular weight is 399 g/mol. The smallest absolute Gasteiger partial charge is 0.221 e. The molecule has 0 aliphatic carbocycles. The number of hydrogen-bond acceptors (Lipinski definition) is 8. The van der Waals surface area contributed by atoms with Crippen LogP contribution in [0.25, 0.3) is 10.8 Å². The van der Waals surface area contributed by atoms with E-state index in [9.17, 15) is 9.90 Å². The maximum absolute atomic E-state index is 11.3. The van der Waals surface area contributed by atoms with Crippen molar-refractivity contribution in [1.29, 1.82) is 0 Å². The maximum Gasteiger partial charge on any atom is 0.221 e. The number of benzene rings is 3. The third kappa shape index (κ3) is 4.65. The second-order valence-electron chi connectivity index (χ2n) is 5.95. The number of rotatable bonds is 6. The van der Waals surface area contributed by atoms with E-state index in [-0.39, 0.29) is 17.3 Å². The lowest BCUT2D eigenvalue weighted by Gasteiger charge is -2.10. The molecule has 0 saturated heterocycles. The van der Waals surface area contributed by atoms with E-state index in [1.807, 2.05) is 19.1 Å². The van der Waals surface area contributed by atoms with E-state index in [0.717, 1.165) is 5.56 Å². The van der Waals surface area contributed by atoms with Crippen molar-refractivity contribution in [3.63, 3.8) is 0 Å². The number of phenols is 1. The summed E-state index contributed by atoms with van der Waals surface area (Å²) in [6.45, 7) is 3.36. The molecule has 0 atom stereocenters. The molecule has 0 saturated carbocycles. The van der Waals surface area contributed by atoms with E-state index in [2.05, 4.69) is 24.9 Å². The van der Waals surface area contributed by atoms with Gasteiger partial charge in [-0.1, -0.05) is 28.8 Å². The van der Waals surface area contributed by atoms with E-state index in [1.54, 1.807) is 36.4 Å². The minimum absolute atomic E-state index is 0.134. The summed E-state index contributed by atoms with van der Waals surface area (Å²) < 4.78 is 4.51. The van der Waals surface area contributed by atoms with Gasteiger partial charge in [0.2, 0.25) is 5.91 Å². The van der Waals surface area contributed by atoms with E-state index in [4.69, 9.17) is 5.26 Å². The number of aromatic hydroxyl groups is 1. The Bertz CT molecular complexity index is 1040. The molecule has 0 aliphatic heterocycles. The quantitative estimate of drug-likeness (QED) is 0.213. The molecule has 0 aliphatic rings. The van der Waals surface area contributed by atoms with Gasteiger partial charge in [-0.05, 0) is 42.6 Å². The van der Waals surface area contributed by atoms with Gasteiger partial charge < -0.3 is 10.4 Å². The minimum Gasteiger partial charge on any atom is -0.505 e. The Hall–Kier alpha value is -2.98. The lowest BCUT2D eigenvalue weighted by Crippen LogP contribution is -2.05. The predicted octanol–water partition coefficient (Wildman–Crippen LogP) is 5.66. The molecule has 9 heteroatoms. The molecule has 0 unspecified atom stereocenters. The molecular weight excluding hydrogens is 382 g/mol. The van der Waals surface area contributed by atoms with Crippen LogP contribution in [0.1, 0.15) is 12.5 Å². The van der Waals surface area contributed by atoms with Gasteiger partial charge in [0.1, 0.15) is 5.69 Å². The number of fused-ring (bicyclic) bond motifs is 1. The predicted molar refractivity (Wildman–Crippen MR) is 106 cm³/mol. The zero-order valence-electron chi connectivity index (χ0n) is 15.0. The van der Waals surface area contributed by atoms with Crippen molar-refractivity contribution in [1.82, 2.24) is 0 Å². The van der Waals surface area contributed by atoms with Crippen LogP contribution < -0.4 is 5.32 Å². The standard InChI is InChI=1S/C19H17N3O5S/c1-11-3-6-14(7-4-11)21-22-18-17(28-27-26-25)9-13-5-8-15(20-12(2)23)10-16(13)19(18)24/h3-10,24-25H,1-2H3,(H,20,23). The summed E-state index contributed by atoms with van der Waals surface area (Å²) in [6.07, 6.45) is 0. The Morgan fingerprint density at radius 3 is 2.54 bits per heavy atom. The van der Waals surface area contributed by atoms with Crippen molar-refractivity contribution >= 4 is 45.8 Å². The maximum atomic E-state index is 11.3. The van der Waals surface area contributed by atoms with Crippen LogP contribution in [0.3, 0.4) is 0 Å². The summed E-state index contributed by atoms with van der Waals surface area (Å²) in [4.78, 5) is 11.7. The molecule has 0 bridgehead atoms. The number of nitrogens with zero attached hydrogens (tertiary/aromatic N) is 2. The molecule has 8 nitrogen and oxygen atoms in total. The summed E-state index contributed by atoms with van der Waals surface area (Å²) in [5.41, 5.74) is 2.36. The average Bonchev–Trinajstić information content (AvgIpc) is 2.67. The number of hydrogen-bond donors (Lipinski definition) is 3. The number of phenolic OH excluding ortho intramolecular Hbond substituents is 1. The van der Waals surface area contributed by atoms with E-state index >= 15 is 0 Å². The van der Waals surface area contributed by atoms with Gasteiger partial charge in [0.05, 0.1) is 22.6 Å². The Labute approximate surface area is 164 Å². The van der Waals surface area contributed by atoms with Gasteiger partial charge in [0.25, 0.3) is 0 Å². The number of carbonyl (C=O) groups is 1. The Balaban J connectivity index is 2.08. The van der Waals surface area contributed by atoms with Gasteiger partial charge >= 0.3 is 0 Å². The molecule has 3 aromatic rings. The van der Waals surface area contributed by atoms with Crippen molar-refractivity contribution in [2.45, 2.75) is 18.7 Å². The largest absolute Gasteiger partial charge is 0.505 e. The van der Waals surface area contributed by atoms with Gasteiger partial charge in [0.15, 0.2) is 5.75 Å². The SMILES string of the molecule is CC(=O)Nc1ccc2cc(SOOO)c(N=Nc3ccc(C)cc3)c(O)c2c1. The molecule has 0 heterocycles. The second kappa shape index (κ2) is 8.81. The van der Waals surface area contributed by atoms with E-state index in [0.29, 0.717) is 39.1 Å². The number of amides is 1. The highest BCUT2D eigenvalue weighted by molar-refractivity contribution is 7.94. The first-order valence-corrected chi connectivity index (χ1v) is 8.92. The van der Waals surface area contributed by atoms with Gasteiger partial charge in [-0.3, -0.25) is 4.79 Å². The molecule has 0 radical (unpaired) electrons. The number of aryl methyl sites for hydroxylation is 1. The van der Waals surface area contributed by atoms with E-state index < -0.39 is 0 Å². The molecule has 3 rings (SSSR count). The van der Waals surface area contributed by atoms with Crippen molar-refractivity contribution in [2.24, 2.45) is 10.2 Å². The second-order valence-corrected chi connectivity index (χ2v) is 6.69. The minimum atomic E-state index is -0.223. The summed E-state index contributed by atoms with van der Waals surface area (Å²) >= 11 is 0.673. The molecule has 3 aromatic carbocycles. The van der Waals surface area contributed by atoms with Crippen LogP contribution in [-0.2, 0) is 14.2 Å². The zero-order chi connectivity index (χ0) is 20.1. The Morgan fingerprint density at radius 1 is 1.11 bits per heavy atom. The van der Waals surface area contributed by atoms with Crippen molar-refractivity contribution < 1.29 is 24.5 Å². The van der Waals surface area contributed by atoms with Crippen LogP contribution in [-0.4, -0.2) is 16.3 Å². The van der Waals surface area contributed by atoms with Gasteiger partial charge in [-0.2, -0.15) is 5.11 Å². The van der Waals surface area contributed by atoms with Crippen molar-refractivity contribution in [2.75, 3.05) is 5.32 Å². The lowest BCUT2D eigenvalue weighted by atomic mass is 10.1. The first-order valence-electron chi connectivity index (χ1n) is 8.18. The van der Waals surface area contributed by atoms with Crippen LogP contribution in [0.4, 0.5) is 17.1 Å². The highest BCUT2D eigenvalue weighted by atomic mass is 32.2. The highest BCUT2D eigenvalue weighted by Crippen LogP contribution is 2.44. The molecule has 0 fully saturated rings. The molecule has 0 aromatic heterocycles. The van der Waals surface area contributed by atoms with Gasteiger partial charge in [-0.15, -0.1) is 9.45 Å². The molecular formula is C19H17N3O5S. The number of azo groups is 1. The van der Waals surface area contributed by atoms with Crippen LogP contribution >= 0.6 is 12.0 Å². The van der Waals surface area contributed by atoms with E-state index in [1.165, 1.54) is 6.92 Å². The summed E-state index contributed by atoms with van der Waals surface area (Å²) in [5, 5.41) is 35.0. The summed E-state index contributed by atoms with van der Waals surface area (Å²) in [5.74, 6) is -0.372. The molecule has 0 spiro atoms. The monoisotopic (exact) mass is 399 g/mol. The fourth-order valence-electron chi connectivity index (χ4n) is 2.55. The van der Waals surface area contributed by atoms with Crippen LogP contribution in [0.5, 0.6) is 5.75 Å². The van der Waals surface area contributed by atoms with Crippen molar-refractivity contribution in [3.05, 3.63) is 54.1 Å². The fourth-order valence-corrected chi connectivity index (χ4v) is 3.05. The Kier molecular flexibility index (Phi) is 6.22. The fraction of sp³-hybridized carbons (Fsp3) is 0.105. The third-order valence-electron chi connectivity index (χ3n) is 3.83. The van der Waals surface area contributed by atoms with Crippen LogP contribution in [0, 0.1) is 6.92 Å². The highest BCUT2D eigenvalue weighted by Gasteiger charge is 2.15. The number of nitrogens with one attached hydrogen (secondary N) is 1. The Morgan fingerprint density at radius 2 is 1.86 bits per heavy atom. The zero-order valence-corrected chi connectivity index (χ0v) is 15.9. The van der Waals surface area contributed by atoms with Crippen LogP contribution in [0.15, 0.2) is 63.7 Å². The molecule has 3 N–H and O–H groups in total. The van der Waals surface area contributed by atoms with Crippen LogP contribution in [0.2, 0.25) is 0 Å². The molecule has 144 valence electrons. The molecule has 1 amide bonds. The lowest BCUT2D eigenvalue weighted by molar-refractivity contribution is -0.432.